The van der Waals surface area contributed by atoms with Crippen molar-refractivity contribution in [3.63, 3.8) is 0 Å². The lowest BCUT2D eigenvalue weighted by atomic mass is 10.0. The SMILES string of the molecule is C123C45C16C21C34C561.C123C45C16C21C34C561.CCCOCCOCCOCCOCCOCCOCCN=[N+]=N.CCOCC(=O)NCCOCCOCCOCCOCCOCCOCCN=[N+]=N.CCOCC(=O)O. The van der Waals surface area contributed by atoms with Crippen molar-refractivity contribution >= 4 is 11.9 Å². The summed E-state index contributed by atoms with van der Waals surface area (Å²) >= 11 is 0. The summed E-state index contributed by atoms with van der Waals surface area (Å²) in [6.45, 7) is 20.3. The first-order chi connectivity index (χ1) is 36.0. The van der Waals surface area contributed by atoms with Gasteiger partial charge in [-0.15, -0.1) is 0 Å². The highest BCUT2D eigenvalue weighted by atomic mass is 16.6. The molecule has 12 bridgehead atoms. The maximum Gasteiger partial charge on any atom is 0.329 e. The number of nitrogens with one attached hydrogen (secondary N) is 3. The van der Waals surface area contributed by atoms with Crippen LogP contribution in [0.1, 0.15) is 27.2 Å². The van der Waals surface area contributed by atoms with Crippen molar-refractivity contribution in [3.8, 4) is 0 Å². The molecule has 14 aliphatic carbocycles. The fraction of sp³-hybridized carbons (Fsp3) is 0.959. The normalized spacial score (nSPS) is 40.3. The van der Waals surface area contributed by atoms with Gasteiger partial charge in [-0.1, -0.05) is 6.92 Å². The van der Waals surface area contributed by atoms with Crippen molar-refractivity contribution in [2.24, 2.45) is 75.2 Å². The quantitative estimate of drug-likeness (QED) is 0.0375. The van der Waals surface area contributed by atoms with Crippen molar-refractivity contribution in [1.82, 2.24) is 15.1 Å². The monoisotopic (exact) mass is 1040 g/mol. The summed E-state index contributed by atoms with van der Waals surface area (Å²) in [7, 11) is 0. The van der Waals surface area contributed by atoms with E-state index < -0.39 is 5.97 Å². The molecule has 14 saturated carbocycles. The summed E-state index contributed by atoms with van der Waals surface area (Å²) in [5.74, 6) is -1.06. The third-order valence-corrected chi connectivity index (χ3v) is 18.8. The van der Waals surface area contributed by atoms with Crippen LogP contribution in [0.3, 0.4) is 0 Å². The number of aliphatic carboxylic acids is 1. The van der Waals surface area contributed by atoms with Gasteiger partial charge >= 0.3 is 5.97 Å². The standard InChI is InChI=1S/C18H36N4O8.C15H32N3O6.2C6.C4H8O3/c1-2-24-17-18(23)20-3-5-25-7-9-27-11-13-29-15-16-30-14-12-28-10-8-26-6-4-21-22-19;1-2-4-19-6-8-21-10-12-23-14-15-24-13-11-22-9-7-20-5-3-17-18-16;2*1-2-3(1)5(1)4(1,2)6(2,3)5;1-2-7-3-4(5)6/h19H,2-17H2,1H3;16H,2-15H2,1H3;;;2-3H2,1H3,(H,5,6)/q;+1;;;/p+1. The lowest BCUT2D eigenvalue weighted by molar-refractivity contribution is -0.142. The molecule has 14 rings (SSSR count). The van der Waals surface area contributed by atoms with Crippen molar-refractivity contribution < 1.29 is 81.0 Å². The molecule has 24 heteroatoms. The molecule has 14 aliphatic rings. The Hall–Kier alpha value is -3.00. The second-order valence-electron chi connectivity index (χ2n) is 20.3. The summed E-state index contributed by atoms with van der Waals surface area (Å²) in [6.07, 6.45) is 1.03. The first-order valence-electron chi connectivity index (χ1n) is 26.6. The van der Waals surface area contributed by atoms with Gasteiger partial charge in [0.2, 0.25) is 15.7 Å². The van der Waals surface area contributed by atoms with Crippen LogP contribution in [-0.2, 0) is 75.9 Å². The second kappa shape index (κ2) is 20.1. The van der Waals surface area contributed by atoms with Crippen LogP contribution in [0.2, 0.25) is 0 Å². The minimum absolute atomic E-state index is 0.0809. The molecule has 0 aliphatic heterocycles. The molecular formula is C49H77N7O17+2. The smallest absolute Gasteiger partial charge is 0.329 e. The Morgan fingerprint density at radius 2 is 0.630 bits per heavy atom. The van der Waals surface area contributed by atoms with E-state index in [1.54, 1.807) is 6.92 Å². The van der Waals surface area contributed by atoms with Crippen LogP contribution in [0.25, 0.3) is 0 Å². The third-order valence-electron chi connectivity index (χ3n) is 18.8. The highest BCUT2D eigenvalue weighted by molar-refractivity contribution is 6.44. The van der Waals surface area contributed by atoms with E-state index in [2.05, 4.69) is 37.0 Å². The van der Waals surface area contributed by atoms with Crippen molar-refractivity contribution in [1.29, 1.82) is 11.1 Å². The van der Waals surface area contributed by atoms with Crippen molar-refractivity contribution in [2.75, 3.05) is 205 Å². The average molecular weight is 1040 g/mol. The van der Waals surface area contributed by atoms with E-state index in [0.29, 0.717) is 185 Å². The Kier molecular flexibility index (Phi) is 14.7. The van der Waals surface area contributed by atoms with Crippen LogP contribution >= 0.6 is 0 Å². The number of carboxylic acids is 1. The average Bonchev–Trinajstić information content (AvgIpc) is 4.01. The Morgan fingerprint density at radius 3 is 0.849 bits per heavy atom. The fourth-order valence-electron chi connectivity index (χ4n) is 17.4. The first kappa shape index (κ1) is 53.4. The Morgan fingerprint density at radius 1 is 0.384 bits per heavy atom. The van der Waals surface area contributed by atoms with Crippen LogP contribution in [0.15, 0.2) is 10.2 Å². The van der Waals surface area contributed by atoms with Gasteiger partial charge in [0.1, 0.15) is 47.6 Å². The maximum absolute atomic E-state index is 11.3. The van der Waals surface area contributed by atoms with Gasteiger partial charge < -0.3 is 76.7 Å². The Bertz CT molecular complexity index is 1730. The molecule has 24 nitrogen and oxygen atoms in total. The molecule has 73 heavy (non-hydrogen) atoms. The first-order valence-corrected chi connectivity index (χ1v) is 26.6. The zero-order valence-electron chi connectivity index (χ0n) is 42.9. The molecule has 0 unspecified atom stereocenters. The maximum atomic E-state index is 11.3. The molecular weight excluding hydrogens is 959 g/mol. The van der Waals surface area contributed by atoms with Gasteiger partial charge in [-0.2, -0.15) is 0 Å². The van der Waals surface area contributed by atoms with Crippen molar-refractivity contribution in [2.45, 2.75) is 27.2 Å². The van der Waals surface area contributed by atoms with Crippen LogP contribution < -0.4 is 15.1 Å². The molecule has 4 N–H and O–H groups in total. The van der Waals surface area contributed by atoms with Gasteiger partial charge in [0, 0.05) is 91.3 Å². The number of rotatable bonds is 47. The van der Waals surface area contributed by atoms with E-state index in [0.717, 1.165) is 13.0 Å². The summed E-state index contributed by atoms with van der Waals surface area (Å²) in [5.41, 5.74) is 27.9. The lowest BCUT2D eigenvalue weighted by Crippen LogP contribution is -2.30. The number of carbonyl (C=O) groups excluding carboxylic acids is 1. The van der Waals surface area contributed by atoms with Gasteiger partial charge in [-0.05, 0) is 20.3 Å². The van der Waals surface area contributed by atoms with Crippen molar-refractivity contribution in [3.05, 3.63) is 0 Å². The van der Waals surface area contributed by atoms with E-state index in [9.17, 15) is 9.59 Å². The summed E-state index contributed by atoms with van der Waals surface area (Å²) in [4.78, 5) is 26.6. The van der Waals surface area contributed by atoms with E-state index in [4.69, 9.17) is 77.7 Å². The molecule has 0 radical (unpaired) electrons. The van der Waals surface area contributed by atoms with E-state index in [1.165, 1.54) is 65.0 Å². The minimum atomic E-state index is -0.915. The van der Waals surface area contributed by atoms with E-state index in [1.807, 2.05) is 6.92 Å². The number of ether oxygens (including phenoxy) is 14. The molecule has 408 valence electrons. The molecule has 14 fully saturated rings. The number of carbonyl (C=O) groups is 2. The summed E-state index contributed by atoms with van der Waals surface area (Å²) in [5, 5.41) is 17.5. The number of amides is 1. The molecule has 0 heterocycles. The second-order valence-corrected chi connectivity index (χ2v) is 20.3. The zero-order chi connectivity index (χ0) is 51.2. The van der Waals surface area contributed by atoms with Crippen LogP contribution in [0.4, 0.5) is 0 Å². The molecule has 0 saturated heterocycles. The predicted octanol–water partition coefficient (Wildman–Crippen LogP) is 0.943. The van der Waals surface area contributed by atoms with Gasteiger partial charge in [0.05, 0.1) is 152 Å². The van der Waals surface area contributed by atoms with Gasteiger partial charge in [0.15, 0.2) is 0 Å². The molecule has 0 aromatic carbocycles. The van der Waals surface area contributed by atoms with E-state index >= 15 is 0 Å². The molecule has 0 aromatic rings. The van der Waals surface area contributed by atoms with Crippen LogP contribution in [-0.4, -0.2) is 222 Å². The van der Waals surface area contributed by atoms with E-state index in [-0.39, 0.29) is 19.1 Å². The fourth-order valence-corrected chi connectivity index (χ4v) is 17.4. The Labute approximate surface area is 425 Å². The largest absolute Gasteiger partial charge is 0.480 e. The summed E-state index contributed by atoms with van der Waals surface area (Å²) < 4.78 is 73.4. The predicted molar refractivity (Wildman–Crippen MR) is 247 cm³/mol. The molecule has 1 amide bonds. The number of carboxylic acid groups (broad SMARTS) is 1. The molecule has 0 atom stereocenters. The lowest BCUT2D eigenvalue weighted by Gasteiger charge is -2.08. The number of hydrogen-bond acceptors (Lipinski definition) is 20. The number of nitrogens with zero attached hydrogens (tertiary/aromatic N) is 4. The zero-order valence-corrected chi connectivity index (χ0v) is 42.9. The Balaban J connectivity index is 0.000000119. The highest BCUT2D eigenvalue weighted by Gasteiger charge is 4.01. The van der Waals surface area contributed by atoms with Gasteiger partial charge in [-0.25, -0.2) is 4.79 Å². The van der Waals surface area contributed by atoms with Gasteiger partial charge in [0.25, 0.3) is 0 Å². The molecule has 0 aromatic heterocycles. The van der Waals surface area contributed by atoms with Crippen LogP contribution in [0.5, 0.6) is 0 Å². The highest BCUT2D eigenvalue weighted by Crippen LogP contribution is 4.01. The molecule has 4 spiro atoms. The minimum Gasteiger partial charge on any atom is -0.480 e. The number of hydrogen-bond donors (Lipinski definition) is 4. The third kappa shape index (κ3) is 5.66. The van der Waals surface area contributed by atoms with Crippen LogP contribution in [0, 0.1) is 76.0 Å². The van der Waals surface area contributed by atoms with Gasteiger partial charge in [-0.3, -0.25) is 4.79 Å². The summed E-state index contributed by atoms with van der Waals surface area (Å²) in [6, 6.07) is 0. The topological polar surface area (TPSA) is 296 Å².